The molecule has 7 nitrogen and oxygen atoms in total. The number of nitrogens with one attached hydrogen (secondary N) is 2. The first-order chi connectivity index (χ1) is 12.6. The molecule has 3 aromatic rings. The van der Waals surface area contributed by atoms with Gasteiger partial charge in [0.15, 0.2) is 5.69 Å². The van der Waals surface area contributed by atoms with Gasteiger partial charge in [0.05, 0.1) is 7.11 Å². The zero-order valence-electron chi connectivity index (χ0n) is 14.8. The molecule has 7 heteroatoms. The fourth-order valence-corrected chi connectivity index (χ4v) is 3.54. The number of H-pyrrole nitrogens is 1. The van der Waals surface area contributed by atoms with E-state index in [1.165, 1.54) is 0 Å². The Morgan fingerprint density at radius 1 is 1.35 bits per heavy atom. The summed E-state index contributed by atoms with van der Waals surface area (Å²) in [5, 5.41) is 8.02. The molecule has 0 radical (unpaired) electrons. The van der Waals surface area contributed by atoms with E-state index in [-0.39, 0.29) is 18.0 Å². The number of hydrogen-bond acceptors (Lipinski definition) is 4. The lowest BCUT2D eigenvalue weighted by atomic mass is 10.1. The van der Waals surface area contributed by atoms with Crippen LogP contribution in [-0.4, -0.2) is 27.8 Å². The van der Waals surface area contributed by atoms with Gasteiger partial charge in [0, 0.05) is 41.3 Å². The molecule has 0 saturated heterocycles. The molecule has 1 aliphatic rings. The molecule has 0 unspecified atom stereocenters. The lowest BCUT2D eigenvalue weighted by molar-refractivity contribution is 0.0944. The lowest BCUT2D eigenvalue weighted by Gasteiger charge is -2.07. The molecule has 0 bridgehead atoms. The van der Waals surface area contributed by atoms with Gasteiger partial charge in [-0.3, -0.25) is 14.3 Å². The van der Waals surface area contributed by atoms with E-state index in [2.05, 4.69) is 15.4 Å². The van der Waals surface area contributed by atoms with Crippen LogP contribution >= 0.6 is 0 Å². The molecule has 0 atom stereocenters. The van der Waals surface area contributed by atoms with Crippen LogP contribution in [0.2, 0.25) is 0 Å². The lowest BCUT2D eigenvalue weighted by Crippen LogP contribution is -2.27. The minimum Gasteiger partial charge on any atom is -0.497 e. The summed E-state index contributed by atoms with van der Waals surface area (Å²) in [4.78, 5) is 27.7. The standard InChI is InChI=1S/C19H20N4O3/c1-23-16-5-3-4-14(16)17(22-23)19(25)20-10-12-8-11-9-13(26-2)6-7-15(11)21-18(12)24/h6-9H,3-5,10H2,1-2H3,(H,20,25)(H,21,24). The van der Waals surface area contributed by atoms with E-state index in [4.69, 9.17) is 4.74 Å². The molecule has 1 aliphatic carbocycles. The number of nitrogens with zero attached hydrogens (tertiary/aromatic N) is 2. The maximum atomic E-state index is 12.5. The van der Waals surface area contributed by atoms with Crippen molar-refractivity contribution in [1.82, 2.24) is 20.1 Å². The third kappa shape index (κ3) is 2.75. The Morgan fingerprint density at radius 3 is 3.00 bits per heavy atom. The average molecular weight is 352 g/mol. The van der Waals surface area contributed by atoms with Crippen molar-refractivity contribution < 1.29 is 9.53 Å². The molecule has 0 aliphatic heterocycles. The van der Waals surface area contributed by atoms with Gasteiger partial charge in [-0.15, -0.1) is 0 Å². The van der Waals surface area contributed by atoms with Gasteiger partial charge in [-0.1, -0.05) is 0 Å². The van der Waals surface area contributed by atoms with E-state index < -0.39 is 0 Å². The Morgan fingerprint density at radius 2 is 2.19 bits per heavy atom. The number of pyridine rings is 1. The second kappa shape index (κ2) is 6.33. The van der Waals surface area contributed by atoms with Crippen LogP contribution in [0.4, 0.5) is 0 Å². The number of carbonyl (C=O) groups excluding carboxylic acids is 1. The van der Waals surface area contributed by atoms with Crippen molar-refractivity contribution in [1.29, 1.82) is 0 Å². The molecule has 1 aromatic carbocycles. The summed E-state index contributed by atoms with van der Waals surface area (Å²) in [6.07, 6.45) is 2.88. The van der Waals surface area contributed by atoms with Crippen LogP contribution in [0.3, 0.4) is 0 Å². The number of carbonyl (C=O) groups is 1. The number of fused-ring (bicyclic) bond motifs is 2. The normalized spacial score (nSPS) is 13.0. The van der Waals surface area contributed by atoms with Crippen molar-refractivity contribution in [2.24, 2.45) is 7.05 Å². The van der Waals surface area contributed by atoms with E-state index in [1.54, 1.807) is 30.0 Å². The summed E-state index contributed by atoms with van der Waals surface area (Å²) in [5.41, 5.74) is 3.64. The van der Waals surface area contributed by atoms with Crippen molar-refractivity contribution in [2.45, 2.75) is 25.8 Å². The smallest absolute Gasteiger partial charge is 0.272 e. The number of hydrogen-bond donors (Lipinski definition) is 2. The number of aromatic amines is 1. The average Bonchev–Trinajstić information content (AvgIpc) is 3.23. The molecule has 2 aromatic heterocycles. The molecule has 2 heterocycles. The largest absolute Gasteiger partial charge is 0.497 e. The summed E-state index contributed by atoms with van der Waals surface area (Å²) in [6, 6.07) is 7.22. The molecular weight excluding hydrogens is 332 g/mol. The van der Waals surface area contributed by atoms with Crippen molar-refractivity contribution in [3.63, 3.8) is 0 Å². The zero-order valence-corrected chi connectivity index (χ0v) is 14.8. The monoisotopic (exact) mass is 352 g/mol. The molecule has 4 rings (SSSR count). The molecule has 1 amide bonds. The summed E-state index contributed by atoms with van der Waals surface area (Å²) in [5.74, 6) is 0.470. The van der Waals surface area contributed by atoms with Crippen molar-refractivity contribution in [3.8, 4) is 5.75 Å². The highest BCUT2D eigenvalue weighted by Gasteiger charge is 2.25. The summed E-state index contributed by atoms with van der Waals surface area (Å²) in [7, 11) is 3.46. The van der Waals surface area contributed by atoms with Gasteiger partial charge in [-0.25, -0.2) is 0 Å². The van der Waals surface area contributed by atoms with E-state index >= 15 is 0 Å². The first kappa shape index (κ1) is 16.4. The number of aryl methyl sites for hydroxylation is 1. The Labute approximate surface area is 150 Å². The van der Waals surface area contributed by atoms with Gasteiger partial charge >= 0.3 is 0 Å². The second-order valence-electron chi connectivity index (χ2n) is 6.51. The van der Waals surface area contributed by atoms with Crippen LogP contribution in [0.1, 0.15) is 33.7 Å². The van der Waals surface area contributed by atoms with Crippen LogP contribution < -0.4 is 15.6 Å². The van der Waals surface area contributed by atoms with Gasteiger partial charge in [0.1, 0.15) is 5.75 Å². The van der Waals surface area contributed by atoms with Gasteiger partial charge in [0.25, 0.3) is 11.5 Å². The van der Waals surface area contributed by atoms with Crippen LogP contribution in [-0.2, 0) is 26.4 Å². The number of ether oxygens (including phenoxy) is 1. The van der Waals surface area contributed by atoms with Crippen molar-refractivity contribution in [3.05, 3.63) is 57.1 Å². The number of aromatic nitrogens is 3. The van der Waals surface area contributed by atoms with Gasteiger partial charge < -0.3 is 15.0 Å². The molecular formula is C19H20N4O3. The molecule has 0 fully saturated rings. The topological polar surface area (TPSA) is 89.0 Å². The summed E-state index contributed by atoms with van der Waals surface area (Å²) in [6.45, 7) is 0.146. The Hall–Kier alpha value is -3.09. The van der Waals surface area contributed by atoms with Crippen molar-refractivity contribution >= 4 is 16.8 Å². The van der Waals surface area contributed by atoms with Gasteiger partial charge in [0.2, 0.25) is 0 Å². The summed E-state index contributed by atoms with van der Waals surface area (Å²) >= 11 is 0. The highest BCUT2D eigenvalue weighted by Crippen LogP contribution is 2.24. The zero-order chi connectivity index (χ0) is 18.3. The Bertz CT molecular complexity index is 1060. The fourth-order valence-electron chi connectivity index (χ4n) is 3.54. The molecule has 0 spiro atoms. The third-order valence-electron chi connectivity index (χ3n) is 4.90. The maximum absolute atomic E-state index is 12.5. The van der Waals surface area contributed by atoms with Crippen LogP contribution in [0.5, 0.6) is 5.75 Å². The minimum absolute atomic E-state index is 0.146. The van der Waals surface area contributed by atoms with Crippen LogP contribution in [0, 0.1) is 0 Å². The highest BCUT2D eigenvalue weighted by atomic mass is 16.5. The number of benzene rings is 1. The molecule has 0 saturated carbocycles. The Balaban J connectivity index is 1.57. The van der Waals surface area contributed by atoms with Gasteiger partial charge in [-0.05, 0) is 43.5 Å². The van der Waals surface area contributed by atoms with E-state index in [1.807, 2.05) is 13.1 Å². The van der Waals surface area contributed by atoms with Crippen LogP contribution in [0.15, 0.2) is 29.1 Å². The SMILES string of the molecule is COc1ccc2[nH]c(=O)c(CNC(=O)c3nn(C)c4c3CCC4)cc2c1. The maximum Gasteiger partial charge on any atom is 0.272 e. The fraction of sp³-hybridized carbons (Fsp3) is 0.316. The predicted molar refractivity (Wildman–Crippen MR) is 97.5 cm³/mol. The van der Waals surface area contributed by atoms with E-state index in [9.17, 15) is 9.59 Å². The highest BCUT2D eigenvalue weighted by molar-refractivity contribution is 5.94. The summed E-state index contributed by atoms with van der Waals surface area (Å²) < 4.78 is 7.01. The molecule has 26 heavy (non-hydrogen) atoms. The first-order valence-corrected chi connectivity index (χ1v) is 8.59. The van der Waals surface area contributed by atoms with E-state index in [0.717, 1.165) is 41.4 Å². The molecule has 134 valence electrons. The van der Waals surface area contributed by atoms with E-state index in [0.29, 0.717) is 17.0 Å². The number of amides is 1. The third-order valence-corrected chi connectivity index (χ3v) is 4.90. The van der Waals surface area contributed by atoms with Gasteiger partial charge in [-0.2, -0.15) is 5.10 Å². The van der Waals surface area contributed by atoms with Crippen LogP contribution in [0.25, 0.3) is 10.9 Å². The first-order valence-electron chi connectivity index (χ1n) is 8.59. The Kier molecular flexibility index (Phi) is 3.99. The van der Waals surface area contributed by atoms with Crippen molar-refractivity contribution in [2.75, 3.05) is 7.11 Å². The quantitative estimate of drug-likeness (QED) is 0.748. The predicted octanol–water partition coefficient (Wildman–Crippen LogP) is 1.69. The molecule has 2 N–H and O–H groups in total. The minimum atomic E-state index is -0.242. The second-order valence-corrected chi connectivity index (χ2v) is 6.51. The number of rotatable bonds is 4. The number of methoxy groups -OCH3 is 1.